The van der Waals surface area contributed by atoms with Gasteiger partial charge in [0.15, 0.2) is 5.76 Å². The Kier molecular flexibility index (Phi) is 4.92. The summed E-state index contributed by atoms with van der Waals surface area (Å²) in [6.07, 6.45) is 0.852. The highest BCUT2D eigenvalue weighted by molar-refractivity contribution is 5.93. The number of carbonyl (C=O) groups excluding carboxylic acids is 1. The molecule has 1 amide bonds. The predicted molar refractivity (Wildman–Crippen MR) is 96.5 cm³/mol. The Balaban J connectivity index is 1.66. The molecule has 0 saturated carbocycles. The van der Waals surface area contributed by atoms with Crippen LogP contribution in [0.4, 0.5) is 0 Å². The highest BCUT2D eigenvalue weighted by Gasteiger charge is 2.17. The molecule has 3 rings (SSSR count). The summed E-state index contributed by atoms with van der Waals surface area (Å²) in [4.78, 5) is 12.4. The van der Waals surface area contributed by atoms with Crippen LogP contribution in [0.3, 0.4) is 0 Å². The van der Waals surface area contributed by atoms with E-state index in [-0.39, 0.29) is 12.5 Å². The van der Waals surface area contributed by atoms with Crippen molar-refractivity contribution in [3.8, 4) is 11.3 Å². The van der Waals surface area contributed by atoms with Gasteiger partial charge in [-0.25, -0.2) is 0 Å². The lowest BCUT2D eigenvalue weighted by Gasteiger charge is -1.99. The van der Waals surface area contributed by atoms with Crippen molar-refractivity contribution in [1.29, 1.82) is 0 Å². The van der Waals surface area contributed by atoms with Gasteiger partial charge in [0.2, 0.25) is 0 Å². The van der Waals surface area contributed by atoms with E-state index in [0.29, 0.717) is 23.1 Å². The first-order valence-electron chi connectivity index (χ1n) is 8.63. The van der Waals surface area contributed by atoms with E-state index in [4.69, 9.17) is 4.52 Å². The number of H-pyrrole nitrogens is 1. The van der Waals surface area contributed by atoms with Gasteiger partial charge in [0, 0.05) is 24.4 Å². The van der Waals surface area contributed by atoms with Crippen LogP contribution >= 0.6 is 0 Å². The summed E-state index contributed by atoms with van der Waals surface area (Å²) in [6, 6.07) is 3.61. The fraction of sp³-hybridized carbons (Fsp3) is 0.444. The molecular formula is C18H24N6O2. The quantitative estimate of drug-likeness (QED) is 0.707. The zero-order chi connectivity index (χ0) is 18.8. The molecule has 0 radical (unpaired) electrons. The van der Waals surface area contributed by atoms with Crippen molar-refractivity contribution < 1.29 is 9.32 Å². The maximum absolute atomic E-state index is 12.4. The van der Waals surface area contributed by atoms with Crippen LogP contribution in [0.25, 0.3) is 11.3 Å². The Bertz CT molecular complexity index is 918. The largest absolute Gasteiger partial charge is 0.359 e. The molecule has 0 unspecified atom stereocenters. The van der Waals surface area contributed by atoms with E-state index in [1.165, 1.54) is 0 Å². The van der Waals surface area contributed by atoms with Crippen molar-refractivity contribution in [2.75, 3.05) is 0 Å². The molecule has 2 N–H and O–H groups in total. The van der Waals surface area contributed by atoms with Gasteiger partial charge in [-0.05, 0) is 32.3 Å². The van der Waals surface area contributed by atoms with Crippen LogP contribution in [-0.2, 0) is 20.0 Å². The maximum atomic E-state index is 12.4. The van der Waals surface area contributed by atoms with Crippen LogP contribution in [0.15, 0.2) is 16.7 Å². The van der Waals surface area contributed by atoms with Gasteiger partial charge in [0.05, 0.1) is 23.6 Å². The highest BCUT2D eigenvalue weighted by Crippen LogP contribution is 2.25. The van der Waals surface area contributed by atoms with Gasteiger partial charge in [-0.2, -0.15) is 10.2 Å². The number of aromatic amines is 1. The lowest BCUT2D eigenvalue weighted by molar-refractivity contribution is 0.0942. The number of hydrogen-bond acceptors (Lipinski definition) is 5. The topological polar surface area (TPSA) is 102 Å². The number of hydrogen-bond donors (Lipinski definition) is 2. The van der Waals surface area contributed by atoms with Crippen LogP contribution in [0, 0.1) is 19.8 Å². The fourth-order valence-electron chi connectivity index (χ4n) is 2.93. The van der Waals surface area contributed by atoms with Gasteiger partial charge in [-0.1, -0.05) is 19.0 Å². The summed E-state index contributed by atoms with van der Waals surface area (Å²) in [5.41, 5.74) is 4.82. The summed E-state index contributed by atoms with van der Waals surface area (Å²) in [5, 5.41) is 18.3. The third-order valence-electron chi connectivity index (χ3n) is 4.24. The first-order valence-corrected chi connectivity index (χ1v) is 8.63. The van der Waals surface area contributed by atoms with E-state index >= 15 is 0 Å². The minimum Gasteiger partial charge on any atom is -0.359 e. The molecule has 0 fully saturated rings. The lowest BCUT2D eigenvalue weighted by atomic mass is 10.1. The van der Waals surface area contributed by atoms with Gasteiger partial charge >= 0.3 is 0 Å². The second-order valence-corrected chi connectivity index (χ2v) is 6.90. The van der Waals surface area contributed by atoms with Gasteiger partial charge in [0.1, 0.15) is 5.69 Å². The third-order valence-corrected chi connectivity index (χ3v) is 4.24. The molecule has 0 spiro atoms. The first kappa shape index (κ1) is 17.9. The summed E-state index contributed by atoms with van der Waals surface area (Å²) in [7, 11) is 1.89. The summed E-state index contributed by atoms with van der Waals surface area (Å²) < 4.78 is 7.06. The molecule has 0 aliphatic carbocycles. The molecule has 26 heavy (non-hydrogen) atoms. The predicted octanol–water partition coefficient (Wildman–Crippen LogP) is 2.54. The molecule has 3 heterocycles. The molecule has 8 nitrogen and oxygen atoms in total. The Hall–Kier alpha value is -2.90. The fourth-order valence-corrected chi connectivity index (χ4v) is 2.93. The van der Waals surface area contributed by atoms with Crippen molar-refractivity contribution in [3.05, 3.63) is 40.7 Å². The third kappa shape index (κ3) is 3.68. The number of aromatic nitrogens is 5. The Labute approximate surface area is 152 Å². The minimum absolute atomic E-state index is 0.246. The Morgan fingerprint density at radius 2 is 2.12 bits per heavy atom. The van der Waals surface area contributed by atoms with E-state index in [9.17, 15) is 4.79 Å². The monoisotopic (exact) mass is 356 g/mol. The van der Waals surface area contributed by atoms with Crippen LogP contribution in [0.2, 0.25) is 0 Å². The minimum atomic E-state index is -0.246. The number of nitrogens with zero attached hydrogens (tertiary/aromatic N) is 4. The molecular weight excluding hydrogens is 332 g/mol. The van der Waals surface area contributed by atoms with E-state index in [1.807, 2.05) is 27.0 Å². The number of nitrogens with one attached hydrogen (secondary N) is 2. The van der Waals surface area contributed by atoms with E-state index < -0.39 is 0 Å². The van der Waals surface area contributed by atoms with E-state index in [0.717, 1.165) is 29.1 Å². The molecule has 0 aliphatic heterocycles. The second-order valence-electron chi connectivity index (χ2n) is 6.90. The maximum Gasteiger partial charge on any atom is 0.269 e. The zero-order valence-electron chi connectivity index (χ0n) is 15.8. The average molecular weight is 356 g/mol. The highest BCUT2D eigenvalue weighted by atomic mass is 16.5. The Morgan fingerprint density at radius 1 is 1.35 bits per heavy atom. The summed E-state index contributed by atoms with van der Waals surface area (Å²) >= 11 is 0. The van der Waals surface area contributed by atoms with Gasteiger partial charge < -0.3 is 9.84 Å². The molecule has 3 aromatic rings. The van der Waals surface area contributed by atoms with Crippen LogP contribution in [0.1, 0.15) is 47.2 Å². The normalized spacial score (nSPS) is 11.3. The van der Waals surface area contributed by atoms with Crippen molar-refractivity contribution in [2.24, 2.45) is 13.0 Å². The Morgan fingerprint density at radius 3 is 2.77 bits per heavy atom. The van der Waals surface area contributed by atoms with Crippen molar-refractivity contribution in [2.45, 2.75) is 40.7 Å². The first-order chi connectivity index (χ1) is 12.3. The number of rotatable bonds is 6. The molecule has 3 aromatic heterocycles. The standard InChI is InChI=1S/C18H24N6O2/c1-10(2)6-13-7-14(26-23-13)9-19-18(25)16-8-15(20-21-16)17-11(3)22-24(5)12(17)4/h7-8,10H,6,9H2,1-5H3,(H,19,25)(H,20,21). The van der Waals surface area contributed by atoms with Gasteiger partial charge in [-0.15, -0.1) is 0 Å². The van der Waals surface area contributed by atoms with E-state index in [1.54, 1.807) is 10.7 Å². The van der Waals surface area contributed by atoms with Crippen molar-refractivity contribution >= 4 is 5.91 Å². The van der Waals surface area contributed by atoms with Crippen LogP contribution < -0.4 is 5.32 Å². The molecule has 0 bridgehead atoms. The zero-order valence-corrected chi connectivity index (χ0v) is 15.8. The average Bonchev–Trinajstić information content (AvgIpc) is 3.26. The number of carbonyl (C=O) groups is 1. The van der Waals surface area contributed by atoms with Crippen LogP contribution in [0.5, 0.6) is 0 Å². The SMILES string of the molecule is Cc1nn(C)c(C)c1-c1cc(C(=O)NCc2cc(CC(C)C)no2)[nH]n1. The summed E-state index contributed by atoms with van der Waals surface area (Å²) in [5.74, 6) is 0.891. The van der Waals surface area contributed by atoms with Gasteiger partial charge in [0.25, 0.3) is 5.91 Å². The molecule has 0 atom stereocenters. The van der Waals surface area contributed by atoms with Crippen molar-refractivity contribution in [1.82, 2.24) is 30.5 Å². The smallest absolute Gasteiger partial charge is 0.269 e. The lowest BCUT2D eigenvalue weighted by Crippen LogP contribution is -2.22. The number of aryl methyl sites for hydroxylation is 2. The molecule has 0 saturated heterocycles. The molecule has 138 valence electrons. The number of amides is 1. The van der Waals surface area contributed by atoms with Crippen molar-refractivity contribution in [3.63, 3.8) is 0 Å². The van der Waals surface area contributed by atoms with Gasteiger partial charge in [-0.3, -0.25) is 14.6 Å². The van der Waals surface area contributed by atoms with E-state index in [2.05, 4.69) is 39.6 Å². The molecule has 0 aromatic carbocycles. The summed E-state index contributed by atoms with van der Waals surface area (Å²) in [6.45, 7) is 8.43. The molecule has 0 aliphatic rings. The molecule has 8 heteroatoms. The van der Waals surface area contributed by atoms with Crippen LogP contribution in [-0.4, -0.2) is 31.0 Å². The second kappa shape index (κ2) is 7.15.